The number of ketones is 2. The third-order valence-corrected chi connectivity index (χ3v) is 5.52. The fourth-order valence-electron chi connectivity index (χ4n) is 3.86. The molecular weight excluding hydrogens is 344 g/mol. The molecule has 154 valence electrons. The molecule has 0 saturated heterocycles. The van der Waals surface area contributed by atoms with Crippen LogP contribution in [0.1, 0.15) is 71.1 Å². The highest BCUT2D eigenvalue weighted by Crippen LogP contribution is 2.34. The van der Waals surface area contributed by atoms with Crippen molar-refractivity contribution in [3.05, 3.63) is 24.8 Å². The van der Waals surface area contributed by atoms with Crippen LogP contribution in [0.5, 0.6) is 0 Å². The van der Waals surface area contributed by atoms with E-state index in [9.17, 15) is 19.8 Å². The number of hydrogen-bond donors (Lipinski definition) is 3. The van der Waals surface area contributed by atoms with E-state index in [1.165, 1.54) is 0 Å². The molecule has 5 heteroatoms. The van der Waals surface area contributed by atoms with Crippen molar-refractivity contribution in [2.45, 2.75) is 82.8 Å². The molecule has 5 nitrogen and oxygen atoms in total. The third kappa shape index (κ3) is 8.08. The van der Waals surface area contributed by atoms with E-state index in [1.54, 1.807) is 6.08 Å². The predicted molar refractivity (Wildman–Crippen MR) is 106 cm³/mol. The first kappa shape index (κ1) is 23.7. The second kappa shape index (κ2) is 12.2. The van der Waals surface area contributed by atoms with E-state index < -0.39 is 11.7 Å². The topological polar surface area (TPSA) is 94.8 Å². The molecule has 0 amide bonds. The van der Waals surface area contributed by atoms with E-state index in [2.05, 4.69) is 6.58 Å². The summed E-state index contributed by atoms with van der Waals surface area (Å²) < 4.78 is 0. The molecule has 1 rings (SSSR count). The zero-order chi connectivity index (χ0) is 20.3. The molecule has 0 bridgehead atoms. The van der Waals surface area contributed by atoms with Crippen LogP contribution in [0.4, 0.5) is 0 Å². The Morgan fingerprint density at radius 2 is 2.00 bits per heavy atom. The molecule has 0 aliphatic heterocycles. The van der Waals surface area contributed by atoms with Crippen LogP contribution >= 0.6 is 0 Å². The van der Waals surface area contributed by atoms with Crippen molar-refractivity contribution in [3.63, 3.8) is 0 Å². The van der Waals surface area contributed by atoms with Gasteiger partial charge in [0.15, 0.2) is 5.78 Å². The fraction of sp³-hybridized carbons (Fsp3) is 0.727. The minimum absolute atomic E-state index is 0.111. The molecule has 0 spiro atoms. The minimum Gasteiger partial charge on any atom is -0.392 e. The Morgan fingerprint density at radius 1 is 1.30 bits per heavy atom. The quantitative estimate of drug-likeness (QED) is 0.318. The second-order valence-electron chi connectivity index (χ2n) is 7.76. The Morgan fingerprint density at radius 3 is 2.63 bits per heavy atom. The number of aliphatic hydroxyl groups excluding tert-OH is 2. The molecule has 0 radical (unpaired) electrons. The lowest BCUT2D eigenvalue weighted by Crippen LogP contribution is -2.24. The van der Waals surface area contributed by atoms with Crippen LogP contribution in [0.3, 0.4) is 0 Å². The molecule has 1 unspecified atom stereocenters. The molecule has 27 heavy (non-hydrogen) atoms. The van der Waals surface area contributed by atoms with Gasteiger partial charge in [-0.15, -0.1) is 6.58 Å². The standard InChI is InChI=1S/C22H36O5/c1-3-13-22(27,4-2)14-9-12-19-18(20(25)15-21(19)26)11-8-6-5-7-10-17(24)16-23/h4,9,12,18-19,21,23,26-27H,2-3,5-8,10-11,13-16H2,1H3/t18-,19-,21-,22?/m1/s1. The van der Waals surface area contributed by atoms with Crippen molar-refractivity contribution in [1.29, 1.82) is 0 Å². The van der Waals surface area contributed by atoms with Crippen LogP contribution in [0.25, 0.3) is 0 Å². The van der Waals surface area contributed by atoms with E-state index in [0.717, 1.165) is 38.5 Å². The second-order valence-corrected chi connectivity index (χ2v) is 7.76. The predicted octanol–water partition coefficient (Wildman–Crippen LogP) is 3.12. The minimum atomic E-state index is -0.930. The van der Waals surface area contributed by atoms with Gasteiger partial charge in [0.25, 0.3) is 0 Å². The van der Waals surface area contributed by atoms with Crippen molar-refractivity contribution < 1.29 is 24.9 Å². The summed E-state index contributed by atoms with van der Waals surface area (Å²) in [5.74, 6) is -0.375. The fourth-order valence-corrected chi connectivity index (χ4v) is 3.86. The van der Waals surface area contributed by atoms with Gasteiger partial charge in [-0.1, -0.05) is 50.8 Å². The first-order chi connectivity index (χ1) is 12.9. The highest BCUT2D eigenvalue weighted by Gasteiger charge is 2.39. The van der Waals surface area contributed by atoms with E-state index in [0.29, 0.717) is 19.3 Å². The largest absolute Gasteiger partial charge is 0.392 e. The van der Waals surface area contributed by atoms with E-state index in [4.69, 9.17) is 5.11 Å². The van der Waals surface area contributed by atoms with Crippen LogP contribution in [-0.2, 0) is 9.59 Å². The van der Waals surface area contributed by atoms with Crippen molar-refractivity contribution in [3.8, 4) is 0 Å². The van der Waals surface area contributed by atoms with Crippen molar-refractivity contribution in [2.24, 2.45) is 11.8 Å². The zero-order valence-corrected chi connectivity index (χ0v) is 16.6. The van der Waals surface area contributed by atoms with Gasteiger partial charge in [-0.2, -0.15) is 0 Å². The van der Waals surface area contributed by atoms with Crippen LogP contribution in [0.15, 0.2) is 24.8 Å². The summed E-state index contributed by atoms with van der Waals surface area (Å²) >= 11 is 0. The average molecular weight is 381 g/mol. The number of rotatable bonds is 14. The summed E-state index contributed by atoms with van der Waals surface area (Å²) in [5, 5.41) is 29.3. The van der Waals surface area contributed by atoms with Gasteiger partial charge in [-0.25, -0.2) is 0 Å². The van der Waals surface area contributed by atoms with Crippen LogP contribution in [0.2, 0.25) is 0 Å². The van der Waals surface area contributed by atoms with Crippen LogP contribution in [0, 0.1) is 11.8 Å². The van der Waals surface area contributed by atoms with Gasteiger partial charge in [0.05, 0.1) is 11.7 Å². The monoisotopic (exact) mass is 380 g/mol. The van der Waals surface area contributed by atoms with Crippen LogP contribution in [-0.4, -0.2) is 45.2 Å². The van der Waals surface area contributed by atoms with E-state index in [-0.39, 0.29) is 36.4 Å². The van der Waals surface area contributed by atoms with Gasteiger partial charge in [0.1, 0.15) is 12.4 Å². The normalized spacial score (nSPS) is 25.0. The lowest BCUT2D eigenvalue weighted by Gasteiger charge is -2.23. The molecular formula is C22H36O5. The number of Topliss-reactive ketones (excluding diaryl/α,β-unsaturated/α-hetero) is 2. The first-order valence-electron chi connectivity index (χ1n) is 10.2. The van der Waals surface area contributed by atoms with Crippen molar-refractivity contribution in [2.75, 3.05) is 6.61 Å². The molecule has 1 saturated carbocycles. The maximum atomic E-state index is 12.2. The molecule has 0 aromatic rings. The maximum Gasteiger partial charge on any atom is 0.158 e. The molecule has 4 atom stereocenters. The Hall–Kier alpha value is -1.30. The van der Waals surface area contributed by atoms with Gasteiger partial charge < -0.3 is 15.3 Å². The number of unbranched alkanes of at least 4 members (excludes halogenated alkanes) is 3. The van der Waals surface area contributed by atoms with Crippen molar-refractivity contribution in [1.82, 2.24) is 0 Å². The van der Waals surface area contributed by atoms with Gasteiger partial charge >= 0.3 is 0 Å². The SMILES string of the molecule is C=CC(O)(CC=C[C@H]1[C@H](O)CC(=O)[C@@H]1CCCCCCC(=O)CO)CCC. The summed E-state index contributed by atoms with van der Waals surface area (Å²) in [6, 6.07) is 0. The van der Waals surface area contributed by atoms with Gasteiger partial charge in [-0.3, -0.25) is 9.59 Å². The third-order valence-electron chi connectivity index (χ3n) is 5.52. The zero-order valence-electron chi connectivity index (χ0n) is 16.6. The Bertz CT molecular complexity index is 513. The number of aliphatic hydroxyl groups is 3. The Balaban J connectivity index is 2.47. The lowest BCUT2D eigenvalue weighted by atomic mass is 9.87. The van der Waals surface area contributed by atoms with Crippen molar-refractivity contribution >= 4 is 11.6 Å². The highest BCUT2D eigenvalue weighted by atomic mass is 16.3. The summed E-state index contributed by atoms with van der Waals surface area (Å²) in [4.78, 5) is 23.3. The Labute approximate surface area is 163 Å². The molecule has 0 aromatic heterocycles. The molecule has 0 heterocycles. The van der Waals surface area contributed by atoms with Gasteiger partial charge in [-0.05, 0) is 25.7 Å². The molecule has 1 aliphatic carbocycles. The summed E-state index contributed by atoms with van der Waals surface area (Å²) in [7, 11) is 0. The lowest BCUT2D eigenvalue weighted by molar-refractivity contribution is -0.122. The Kier molecular flexibility index (Phi) is 10.7. The highest BCUT2D eigenvalue weighted by molar-refractivity contribution is 5.84. The summed E-state index contributed by atoms with van der Waals surface area (Å²) in [5.41, 5.74) is -0.930. The molecule has 1 fully saturated rings. The molecule has 1 aliphatic rings. The van der Waals surface area contributed by atoms with E-state index >= 15 is 0 Å². The number of carbonyl (C=O) groups excluding carboxylic acids is 2. The van der Waals surface area contributed by atoms with Gasteiger partial charge in [0.2, 0.25) is 0 Å². The molecule has 3 N–H and O–H groups in total. The summed E-state index contributed by atoms with van der Waals surface area (Å²) in [6.07, 6.45) is 11.4. The average Bonchev–Trinajstić information content (AvgIpc) is 2.91. The van der Waals surface area contributed by atoms with E-state index in [1.807, 2.05) is 19.1 Å². The van der Waals surface area contributed by atoms with Gasteiger partial charge in [0, 0.05) is 24.7 Å². The maximum absolute atomic E-state index is 12.2. The smallest absolute Gasteiger partial charge is 0.158 e. The number of hydrogen-bond acceptors (Lipinski definition) is 5. The summed E-state index contributed by atoms with van der Waals surface area (Å²) in [6.45, 7) is 5.32. The van der Waals surface area contributed by atoms with Crippen LogP contribution < -0.4 is 0 Å². The molecule has 0 aromatic carbocycles. The number of carbonyl (C=O) groups is 2. The first-order valence-corrected chi connectivity index (χ1v) is 10.2.